The van der Waals surface area contributed by atoms with Gasteiger partial charge < -0.3 is 14.7 Å². The highest BCUT2D eigenvalue weighted by molar-refractivity contribution is 6.05. The second kappa shape index (κ2) is 7.61. The van der Waals surface area contributed by atoms with Crippen molar-refractivity contribution in [3.63, 3.8) is 0 Å². The summed E-state index contributed by atoms with van der Waals surface area (Å²) in [5.74, 6) is 0.738. The maximum Gasteiger partial charge on any atom is 0.277 e. The topological polar surface area (TPSA) is 52.6 Å². The van der Waals surface area contributed by atoms with Crippen LogP contribution in [0, 0.1) is 6.92 Å². The monoisotopic (exact) mass is 339 g/mol. The fraction of sp³-hybridized carbons (Fsp3) is 0.421. The summed E-state index contributed by atoms with van der Waals surface area (Å²) in [6.45, 7) is 8.41. The average Bonchev–Trinajstić information content (AvgIpc) is 2.64. The zero-order chi connectivity index (χ0) is 17.8. The molecule has 1 aliphatic heterocycles. The van der Waals surface area contributed by atoms with Crippen molar-refractivity contribution in [3.05, 3.63) is 47.9 Å². The van der Waals surface area contributed by atoms with Crippen molar-refractivity contribution in [2.45, 2.75) is 13.8 Å². The van der Waals surface area contributed by atoms with Gasteiger partial charge in [0.1, 0.15) is 17.8 Å². The number of hydrogen-bond donors (Lipinski definition) is 0. The Morgan fingerprint density at radius 2 is 1.88 bits per heavy atom. The molecule has 1 amide bonds. The first-order valence-corrected chi connectivity index (χ1v) is 8.73. The Morgan fingerprint density at radius 1 is 1.16 bits per heavy atom. The van der Waals surface area contributed by atoms with Crippen LogP contribution in [0.3, 0.4) is 0 Å². The van der Waals surface area contributed by atoms with Gasteiger partial charge in [-0.1, -0.05) is 18.2 Å². The lowest BCUT2D eigenvalue weighted by atomic mass is 10.1. The number of aryl methyl sites for hydroxylation is 1. The van der Waals surface area contributed by atoms with E-state index in [4.69, 9.17) is 0 Å². The summed E-state index contributed by atoms with van der Waals surface area (Å²) in [5.41, 5.74) is 2.44. The lowest BCUT2D eigenvalue weighted by Crippen LogP contribution is -2.45. The van der Waals surface area contributed by atoms with Gasteiger partial charge in [-0.2, -0.15) is 0 Å². The van der Waals surface area contributed by atoms with Crippen LogP contribution in [0.5, 0.6) is 0 Å². The molecule has 1 saturated heterocycles. The van der Waals surface area contributed by atoms with Crippen molar-refractivity contribution in [2.75, 3.05) is 49.6 Å². The summed E-state index contributed by atoms with van der Waals surface area (Å²) in [4.78, 5) is 27.9. The van der Waals surface area contributed by atoms with E-state index in [0.29, 0.717) is 12.2 Å². The SMILES string of the molecule is CCN(C(=O)c1cc(N2CCN(C)CC2)ncn1)c1ccccc1C. The van der Waals surface area contributed by atoms with Gasteiger partial charge in [0.05, 0.1) is 0 Å². The number of likely N-dealkylation sites (N-methyl/N-ethyl adjacent to an activating group) is 1. The number of amides is 1. The summed E-state index contributed by atoms with van der Waals surface area (Å²) in [6.07, 6.45) is 1.49. The minimum atomic E-state index is -0.0884. The van der Waals surface area contributed by atoms with E-state index in [1.54, 1.807) is 4.90 Å². The molecule has 0 saturated carbocycles. The average molecular weight is 339 g/mol. The first kappa shape index (κ1) is 17.4. The fourth-order valence-corrected chi connectivity index (χ4v) is 3.10. The maximum absolute atomic E-state index is 13.0. The highest BCUT2D eigenvalue weighted by Gasteiger charge is 2.21. The lowest BCUT2D eigenvalue weighted by molar-refractivity contribution is 0.0983. The van der Waals surface area contributed by atoms with Gasteiger partial charge in [0, 0.05) is 44.5 Å². The van der Waals surface area contributed by atoms with Crippen molar-refractivity contribution in [1.29, 1.82) is 0 Å². The third kappa shape index (κ3) is 3.79. The Kier molecular flexibility index (Phi) is 5.28. The van der Waals surface area contributed by atoms with Crippen molar-refractivity contribution in [2.24, 2.45) is 0 Å². The van der Waals surface area contributed by atoms with Gasteiger partial charge in [0.2, 0.25) is 0 Å². The number of carbonyl (C=O) groups excluding carboxylic acids is 1. The standard InChI is InChI=1S/C19H25N5O/c1-4-24(17-8-6-5-7-15(17)2)19(25)16-13-18(21-14-20-16)23-11-9-22(3)10-12-23/h5-8,13-14H,4,9-12H2,1-3H3. The third-order valence-electron chi connectivity index (χ3n) is 4.67. The second-order valence-corrected chi connectivity index (χ2v) is 6.39. The predicted molar refractivity (Wildman–Crippen MR) is 100 cm³/mol. The van der Waals surface area contributed by atoms with E-state index in [1.165, 1.54) is 6.33 Å². The van der Waals surface area contributed by atoms with E-state index in [1.807, 2.05) is 44.2 Å². The van der Waals surface area contributed by atoms with Gasteiger partial charge in [0.25, 0.3) is 5.91 Å². The summed E-state index contributed by atoms with van der Waals surface area (Å²) >= 11 is 0. The molecule has 0 radical (unpaired) electrons. The zero-order valence-corrected chi connectivity index (χ0v) is 15.1. The van der Waals surface area contributed by atoms with Crippen LogP contribution in [0.4, 0.5) is 11.5 Å². The van der Waals surface area contributed by atoms with Crippen LogP contribution in [0.2, 0.25) is 0 Å². The van der Waals surface area contributed by atoms with Gasteiger partial charge >= 0.3 is 0 Å². The largest absolute Gasteiger partial charge is 0.354 e. The quantitative estimate of drug-likeness (QED) is 0.855. The molecule has 132 valence electrons. The Morgan fingerprint density at radius 3 is 2.56 bits per heavy atom. The lowest BCUT2D eigenvalue weighted by Gasteiger charge is -2.33. The van der Waals surface area contributed by atoms with E-state index in [-0.39, 0.29) is 5.91 Å². The first-order chi connectivity index (χ1) is 12.1. The van der Waals surface area contributed by atoms with Gasteiger partial charge in [-0.05, 0) is 32.5 Å². The molecule has 1 aromatic heterocycles. The Labute approximate surface area is 149 Å². The molecule has 1 aromatic carbocycles. The number of nitrogens with zero attached hydrogens (tertiary/aromatic N) is 5. The van der Waals surface area contributed by atoms with Gasteiger partial charge in [-0.3, -0.25) is 4.79 Å². The Hall–Kier alpha value is -2.47. The molecule has 6 heteroatoms. The minimum Gasteiger partial charge on any atom is -0.354 e. The number of piperazine rings is 1. The number of benzene rings is 1. The van der Waals surface area contributed by atoms with Crippen LogP contribution in [0.25, 0.3) is 0 Å². The van der Waals surface area contributed by atoms with Crippen LogP contribution in [-0.2, 0) is 0 Å². The fourth-order valence-electron chi connectivity index (χ4n) is 3.10. The van der Waals surface area contributed by atoms with E-state index in [2.05, 4.69) is 26.8 Å². The highest BCUT2D eigenvalue weighted by atomic mass is 16.2. The summed E-state index contributed by atoms with van der Waals surface area (Å²) < 4.78 is 0. The normalized spacial score (nSPS) is 15.2. The molecule has 0 spiro atoms. The molecule has 0 aliphatic carbocycles. The molecule has 0 unspecified atom stereocenters. The molecule has 1 fully saturated rings. The highest BCUT2D eigenvalue weighted by Crippen LogP contribution is 2.22. The van der Waals surface area contributed by atoms with Crippen LogP contribution >= 0.6 is 0 Å². The van der Waals surface area contributed by atoms with Crippen molar-refractivity contribution >= 4 is 17.4 Å². The molecule has 0 atom stereocenters. The molecular weight excluding hydrogens is 314 g/mol. The number of aromatic nitrogens is 2. The molecule has 2 aromatic rings. The van der Waals surface area contributed by atoms with Crippen LogP contribution in [0.15, 0.2) is 36.7 Å². The van der Waals surface area contributed by atoms with Crippen molar-refractivity contribution < 1.29 is 4.79 Å². The van der Waals surface area contributed by atoms with Crippen molar-refractivity contribution in [3.8, 4) is 0 Å². The third-order valence-corrected chi connectivity index (χ3v) is 4.67. The van der Waals surface area contributed by atoms with Gasteiger partial charge in [0.15, 0.2) is 0 Å². The minimum absolute atomic E-state index is 0.0884. The predicted octanol–water partition coefficient (Wildman–Crippen LogP) is 2.20. The molecule has 2 heterocycles. The smallest absolute Gasteiger partial charge is 0.277 e. The molecular formula is C19H25N5O. The molecule has 1 aliphatic rings. The van der Waals surface area contributed by atoms with Gasteiger partial charge in [-0.25, -0.2) is 9.97 Å². The maximum atomic E-state index is 13.0. The van der Waals surface area contributed by atoms with E-state index < -0.39 is 0 Å². The summed E-state index contributed by atoms with van der Waals surface area (Å²) in [7, 11) is 2.12. The molecule has 0 bridgehead atoms. The molecule has 6 nitrogen and oxygen atoms in total. The first-order valence-electron chi connectivity index (χ1n) is 8.73. The van der Waals surface area contributed by atoms with Gasteiger partial charge in [-0.15, -0.1) is 0 Å². The number of hydrogen-bond acceptors (Lipinski definition) is 5. The molecule has 3 rings (SSSR count). The number of rotatable bonds is 4. The Bertz CT molecular complexity index is 740. The second-order valence-electron chi connectivity index (χ2n) is 6.39. The summed E-state index contributed by atoms with van der Waals surface area (Å²) in [5, 5.41) is 0. The summed E-state index contributed by atoms with van der Waals surface area (Å²) in [6, 6.07) is 9.73. The Balaban J connectivity index is 1.84. The van der Waals surface area contributed by atoms with E-state index in [9.17, 15) is 4.79 Å². The van der Waals surface area contributed by atoms with Crippen LogP contribution in [-0.4, -0.2) is 60.5 Å². The molecule has 25 heavy (non-hydrogen) atoms. The van der Waals surface area contributed by atoms with Crippen molar-refractivity contribution in [1.82, 2.24) is 14.9 Å². The van der Waals surface area contributed by atoms with Crippen LogP contribution in [0.1, 0.15) is 23.0 Å². The number of para-hydroxylation sites is 1. The van der Waals surface area contributed by atoms with E-state index in [0.717, 1.165) is 43.2 Å². The number of anilines is 2. The zero-order valence-electron chi connectivity index (χ0n) is 15.1. The number of carbonyl (C=O) groups is 1. The van der Waals surface area contributed by atoms with E-state index >= 15 is 0 Å². The molecule has 0 N–H and O–H groups in total. The van der Waals surface area contributed by atoms with Crippen LogP contribution < -0.4 is 9.80 Å².